The summed E-state index contributed by atoms with van der Waals surface area (Å²) in [7, 11) is 1.73. The molecule has 10 heteroatoms. The summed E-state index contributed by atoms with van der Waals surface area (Å²) in [6.07, 6.45) is 2.18. The Balaban J connectivity index is 1.34. The highest BCUT2D eigenvalue weighted by Gasteiger charge is 2.48. The highest BCUT2D eigenvalue weighted by atomic mass is 16.6. The first-order valence-electron chi connectivity index (χ1n) is 12.2. The zero-order chi connectivity index (χ0) is 25.1. The lowest BCUT2D eigenvalue weighted by atomic mass is 9.72. The summed E-state index contributed by atoms with van der Waals surface area (Å²) < 4.78 is 8.63. The number of imidazole rings is 1. The maximum atomic E-state index is 13.2. The van der Waals surface area contributed by atoms with Gasteiger partial charge in [0, 0.05) is 45.1 Å². The maximum absolute atomic E-state index is 13.2. The molecule has 0 saturated carbocycles. The molecule has 5 rings (SSSR count). The van der Waals surface area contributed by atoms with E-state index in [0.717, 1.165) is 37.1 Å². The number of anilines is 1. The number of aryl methyl sites for hydroxylation is 1. The zero-order valence-electron chi connectivity index (χ0n) is 20.8. The Hall–Kier alpha value is -3.30. The molecule has 1 N–H and O–H groups in total. The average molecular weight is 484 g/mol. The lowest BCUT2D eigenvalue weighted by Crippen LogP contribution is -2.62. The van der Waals surface area contributed by atoms with Gasteiger partial charge in [-0.3, -0.25) is 24.0 Å². The van der Waals surface area contributed by atoms with Crippen molar-refractivity contribution in [3.05, 3.63) is 28.7 Å². The summed E-state index contributed by atoms with van der Waals surface area (Å²) in [4.78, 5) is 53.7. The summed E-state index contributed by atoms with van der Waals surface area (Å²) in [5, 5.41) is 2.36. The predicted octanol–water partition coefficient (Wildman–Crippen LogP) is 2.16. The molecule has 3 saturated heterocycles. The van der Waals surface area contributed by atoms with Gasteiger partial charge in [0.25, 0.3) is 0 Å². The number of aromatic nitrogens is 2. The molecule has 3 aliphatic heterocycles. The van der Waals surface area contributed by atoms with Crippen molar-refractivity contribution in [2.45, 2.75) is 58.1 Å². The van der Waals surface area contributed by atoms with E-state index in [1.54, 1.807) is 16.5 Å². The summed E-state index contributed by atoms with van der Waals surface area (Å²) in [6, 6.07) is 5.09. The first-order chi connectivity index (χ1) is 16.5. The molecule has 1 aromatic heterocycles. The summed E-state index contributed by atoms with van der Waals surface area (Å²) in [5.74, 6) is -0.732. The van der Waals surface area contributed by atoms with Crippen LogP contribution in [0.4, 0.5) is 10.5 Å². The van der Waals surface area contributed by atoms with E-state index in [1.165, 1.54) is 4.57 Å². The third-order valence-corrected chi connectivity index (χ3v) is 7.47. The first-order valence-corrected chi connectivity index (χ1v) is 12.2. The molecular formula is C25H33N5O5. The number of carbonyl (C=O) groups excluding carboxylic acids is 3. The summed E-state index contributed by atoms with van der Waals surface area (Å²) in [6.45, 7) is 8.69. The van der Waals surface area contributed by atoms with Gasteiger partial charge in [-0.1, -0.05) is 6.07 Å². The van der Waals surface area contributed by atoms with Gasteiger partial charge < -0.3 is 14.5 Å². The average Bonchev–Trinajstić information content (AvgIpc) is 3.01. The van der Waals surface area contributed by atoms with Crippen molar-refractivity contribution in [3.63, 3.8) is 0 Å². The van der Waals surface area contributed by atoms with Gasteiger partial charge in [-0.2, -0.15) is 0 Å². The molecule has 4 heterocycles. The number of amides is 3. The zero-order valence-corrected chi connectivity index (χ0v) is 20.8. The van der Waals surface area contributed by atoms with E-state index >= 15 is 0 Å². The lowest BCUT2D eigenvalue weighted by Gasteiger charge is -2.54. The minimum absolute atomic E-state index is 0.117. The highest BCUT2D eigenvalue weighted by Crippen LogP contribution is 2.42. The van der Waals surface area contributed by atoms with Crippen LogP contribution in [0.5, 0.6) is 0 Å². The quantitative estimate of drug-likeness (QED) is 0.657. The summed E-state index contributed by atoms with van der Waals surface area (Å²) in [5.41, 5.74) is 1.81. The second-order valence-corrected chi connectivity index (χ2v) is 11.1. The van der Waals surface area contributed by atoms with Crippen LogP contribution in [0.15, 0.2) is 23.0 Å². The normalized spacial score (nSPS) is 22.3. The maximum Gasteiger partial charge on any atom is 0.410 e. The predicted molar refractivity (Wildman–Crippen MR) is 130 cm³/mol. The number of fused-ring (bicyclic) bond motifs is 1. The van der Waals surface area contributed by atoms with E-state index < -0.39 is 17.6 Å². The molecule has 3 fully saturated rings. The van der Waals surface area contributed by atoms with Crippen LogP contribution in [0.3, 0.4) is 0 Å². The second-order valence-electron chi connectivity index (χ2n) is 11.1. The Morgan fingerprint density at radius 2 is 1.80 bits per heavy atom. The topological polar surface area (TPSA) is 106 Å². The van der Waals surface area contributed by atoms with Crippen LogP contribution in [0.1, 0.15) is 52.5 Å². The van der Waals surface area contributed by atoms with E-state index in [2.05, 4.69) is 10.2 Å². The monoisotopic (exact) mass is 483 g/mol. The van der Waals surface area contributed by atoms with Crippen molar-refractivity contribution in [2.24, 2.45) is 12.5 Å². The van der Waals surface area contributed by atoms with Crippen LogP contribution < -0.4 is 15.9 Å². The van der Waals surface area contributed by atoms with Crippen molar-refractivity contribution in [1.29, 1.82) is 0 Å². The molecule has 35 heavy (non-hydrogen) atoms. The Morgan fingerprint density at radius 1 is 1.11 bits per heavy atom. The Bertz CT molecular complexity index is 1250. The molecule has 2 aromatic rings. The smallest absolute Gasteiger partial charge is 0.410 e. The van der Waals surface area contributed by atoms with Crippen molar-refractivity contribution in [2.75, 3.05) is 31.1 Å². The second kappa shape index (κ2) is 8.13. The van der Waals surface area contributed by atoms with Gasteiger partial charge in [0.1, 0.15) is 11.6 Å². The number of likely N-dealkylation sites (tertiary alicyclic amines) is 1. The minimum Gasteiger partial charge on any atom is -0.444 e. The van der Waals surface area contributed by atoms with Crippen LogP contribution in [-0.4, -0.2) is 63.7 Å². The van der Waals surface area contributed by atoms with Crippen LogP contribution in [0.25, 0.3) is 11.0 Å². The highest BCUT2D eigenvalue weighted by molar-refractivity contribution is 6.00. The molecule has 1 aromatic carbocycles. The van der Waals surface area contributed by atoms with Crippen molar-refractivity contribution < 1.29 is 19.1 Å². The molecule has 188 valence electrons. The largest absolute Gasteiger partial charge is 0.444 e. The van der Waals surface area contributed by atoms with Gasteiger partial charge in [0.15, 0.2) is 0 Å². The standard InChI is InChI=1S/C25H33N5O5/c1-24(2,3)35-23(34)29-14-25(15-29)10-12-28(13-11-25)16-6-5-7-17-20(16)27(4)22(33)30(17)18-8-9-19(31)26-21(18)32/h5-7,18H,8-15H2,1-4H3,(H,26,31,32). The fourth-order valence-corrected chi connectivity index (χ4v) is 5.66. The number of benzene rings is 1. The number of piperidine rings is 2. The first kappa shape index (κ1) is 23.4. The van der Waals surface area contributed by atoms with Gasteiger partial charge in [-0.25, -0.2) is 9.59 Å². The Kier molecular flexibility index (Phi) is 5.45. The number of nitrogens with one attached hydrogen (secondary N) is 1. The molecule has 0 bridgehead atoms. The van der Waals surface area contributed by atoms with E-state index in [9.17, 15) is 19.2 Å². The van der Waals surface area contributed by atoms with Gasteiger partial charge >= 0.3 is 11.8 Å². The van der Waals surface area contributed by atoms with E-state index in [-0.39, 0.29) is 29.5 Å². The van der Waals surface area contributed by atoms with Gasteiger partial charge in [0.05, 0.1) is 16.7 Å². The molecule has 1 spiro atoms. The fraction of sp³-hybridized carbons (Fsp3) is 0.600. The van der Waals surface area contributed by atoms with E-state index in [1.807, 2.05) is 39.0 Å². The van der Waals surface area contributed by atoms with Crippen LogP contribution in [0, 0.1) is 5.41 Å². The number of carbonyl (C=O) groups is 3. The Labute approximate surface area is 203 Å². The van der Waals surface area contributed by atoms with Crippen molar-refractivity contribution >= 4 is 34.6 Å². The summed E-state index contributed by atoms with van der Waals surface area (Å²) >= 11 is 0. The van der Waals surface area contributed by atoms with Crippen molar-refractivity contribution in [1.82, 2.24) is 19.4 Å². The van der Waals surface area contributed by atoms with E-state index in [0.29, 0.717) is 25.0 Å². The number of hydrogen-bond acceptors (Lipinski definition) is 6. The lowest BCUT2D eigenvalue weighted by molar-refractivity contribution is -0.135. The minimum atomic E-state index is -0.697. The van der Waals surface area contributed by atoms with Crippen molar-refractivity contribution in [3.8, 4) is 0 Å². The number of ether oxygens (including phenoxy) is 1. The molecule has 1 unspecified atom stereocenters. The molecule has 0 radical (unpaired) electrons. The fourth-order valence-electron chi connectivity index (χ4n) is 5.66. The number of para-hydroxylation sites is 1. The van der Waals surface area contributed by atoms with Gasteiger partial charge in [-0.05, 0) is 52.2 Å². The molecule has 0 aliphatic carbocycles. The molecule has 1 atom stereocenters. The molecule has 3 aliphatic rings. The van der Waals surface area contributed by atoms with Crippen LogP contribution >= 0.6 is 0 Å². The third-order valence-electron chi connectivity index (χ3n) is 7.47. The van der Waals surface area contributed by atoms with Gasteiger partial charge in [0.2, 0.25) is 11.8 Å². The number of imide groups is 1. The molecular weight excluding hydrogens is 450 g/mol. The van der Waals surface area contributed by atoms with Gasteiger partial charge in [-0.15, -0.1) is 0 Å². The molecule has 10 nitrogen and oxygen atoms in total. The third kappa shape index (κ3) is 4.08. The number of hydrogen-bond donors (Lipinski definition) is 1. The number of rotatable bonds is 2. The van der Waals surface area contributed by atoms with Crippen LogP contribution in [0.2, 0.25) is 0 Å². The SMILES string of the molecule is Cn1c(=O)n(C2CCC(=O)NC2=O)c2cccc(N3CCC4(CC3)CN(C(=O)OC(C)(C)C)C4)c21. The van der Waals surface area contributed by atoms with Crippen LogP contribution in [-0.2, 0) is 21.4 Å². The Morgan fingerprint density at radius 3 is 2.43 bits per heavy atom. The van der Waals surface area contributed by atoms with E-state index in [4.69, 9.17) is 4.74 Å². The molecule has 3 amide bonds. The number of nitrogens with zero attached hydrogens (tertiary/aromatic N) is 4.